The second kappa shape index (κ2) is 8.98. The van der Waals surface area contributed by atoms with E-state index in [1.165, 1.54) is 6.07 Å². The van der Waals surface area contributed by atoms with Gasteiger partial charge in [0.05, 0.1) is 6.54 Å². The van der Waals surface area contributed by atoms with Crippen LogP contribution in [0, 0.1) is 5.82 Å². The summed E-state index contributed by atoms with van der Waals surface area (Å²) < 4.78 is 13.6. The molecule has 142 valence electrons. The van der Waals surface area contributed by atoms with Gasteiger partial charge in [0.1, 0.15) is 5.82 Å². The first-order valence-corrected chi connectivity index (χ1v) is 9.40. The Labute approximate surface area is 153 Å². The Hall–Kier alpha value is -2.15. The Morgan fingerprint density at radius 3 is 2.35 bits per heavy atom. The highest BCUT2D eigenvalue weighted by Crippen LogP contribution is 2.10. The molecule has 2 aliphatic rings. The van der Waals surface area contributed by atoms with Crippen molar-refractivity contribution >= 4 is 11.9 Å². The van der Waals surface area contributed by atoms with E-state index in [4.69, 9.17) is 0 Å². The van der Waals surface area contributed by atoms with Gasteiger partial charge in [-0.25, -0.2) is 9.18 Å². The number of piperazine rings is 1. The summed E-state index contributed by atoms with van der Waals surface area (Å²) in [5.74, 6) is -0.0386. The Kier molecular flexibility index (Phi) is 6.44. The molecule has 2 fully saturated rings. The standard InChI is InChI=1S/C19H27FN4O2/c20-17-6-2-1-5-16(17)7-8-21-19(26)24-13-11-22(12-14-24)15-18(25)23-9-3-4-10-23/h1-2,5-6H,3-4,7-15H2,(H,21,26). The molecular formula is C19H27FN4O2. The summed E-state index contributed by atoms with van der Waals surface area (Å²) in [4.78, 5) is 30.2. The van der Waals surface area contributed by atoms with Gasteiger partial charge < -0.3 is 15.1 Å². The summed E-state index contributed by atoms with van der Waals surface area (Å²) in [5.41, 5.74) is 0.609. The van der Waals surface area contributed by atoms with Crippen molar-refractivity contribution in [3.05, 3.63) is 35.6 Å². The molecule has 0 bridgehead atoms. The fourth-order valence-electron chi connectivity index (χ4n) is 3.48. The molecule has 1 N–H and O–H groups in total. The van der Waals surface area contributed by atoms with Crippen molar-refractivity contribution in [3.63, 3.8) is 0 Å². The molecule has 1 aromatic rings. The quantitative estimate of drug-likeness (QED) is 0.860. The molecule has 2 heterocycles. The first-order valence-electron chi connectivity index (χ1n) is 9.40. The van der Waals surface area contributed by atoms with Gasteiger partial charge in [-0.05, 0) is 30.9 Å². The largest absolute Gasteiger partial charge is 0.342 e. The van der Waals surface area contributed by atoms with Gasteiger partial charge in [-0.3, -0.25) is 9.69 Å². The van der Waals surface area contributed by atoms with Crippen LogP contribution in [-0.4, -0.2) is 79.0 Å². The molecule has 0 aromatic heterocycles. The van der Waals surface area contributed by atoms with Crippen LogP contribution in [0.4, 0.5) is 9.18 Å². The summed E-state index contributed by atoms with van der Waals surface area (Å²) in [6.07, 6.45) is 2.68. The van der Waals surface area contributed by atoms with Crippen molar-refractivity contribution in [1.29, 1.82) is 0 Å². The van der Waals surface area contributed by atoms with E-state index in [1.54, 1.807) is 23.1 Å². The van der Waals surface area contributed by atoms with Gasteiger partial charge in [-0.15, -0.1) is 0 Å². The summed E-state index contributed by atoms with van der Waals surface area (Å²) in [7, 11) is 0. The van der Waals surface area contributed by atoms with Crippen LogP contribution in [0.5, 0.6) is 0 Å². The van der Waals surface area contributed by atoms with Crippen molar-refractivity contribution in [2.75, 3.05) is 52.4 Å². The SMILES string of the molecule is O=C(CN1CCN(C(=O)NCCc2ccccc2F)CC1)N1CCCC1. The van der Waals surface area contributed by atoms with E-state index < -0.39 is 0 Å². The lowest BCUT2D eigenvalue weighted by molar-refractivity contribution is -0.131. The van der Waals surface area contributed by atoms with Gasteiger partial charge in [0.2, 0.25) is 5.91 Å². The van der Waals surface area contributed by atoms with Gasteiger partial charge in [0, 0.05) is 45.8 Å². The summed E-state index contributed by atoms with van der Waals surface area (Å²) >= 11 is 0. The molecule has 2 aliphatic heterocycles. The van der Waals surface area contributed by atoms with Crippen molar-refractivity contribution in [1.82, 2.24) is 20.0 Å². The second-order valence-corrected chi connectivity index (χ2v) is 6.92. The van der Waals surface area contributed by atoms with E-state index in [0.717, 1.165) is 25.9 Å². The Balaban J connectivity index is 1.35. The molecule has 0 unspecified atom stereocenters. The lowest BCUT2D eigenvalue weighted by Crippen LogP contribution is -2.53. The average Bonchev–Trinajstić information content (AvgIpc) is 3.19. The van der Waals surface area contributed by atoms with Crippen LogP contribution < -0.4 is 5.32 Å². The zero-order valence-corrected chi connectivity index (χ0v) is 15.1. The topological polar surface area (TPSA) is 55.9 Å². The molecule has 0 radical (unpaired) electrons. The number of hydrogen-bond acceptors (Lipinski definition) is 3. The van der Waals surface area contributed by atoms with Crippen LogP contribution in [0.25, 0.3) is 0 Å². The van der Waals surface area contributed by atoms with Crippen LogP contribution >= 0.6 is 0 Å². The van der Waals surface area contributed by atoms with Crippen molar-refractivity contribution in [2.45, 2.75) is 19.3 Å². The molecule has 3 amide bonds. The summed E-state index contributed by atoms with van der Waals surface area (Å²) in [5, 5.41) is 2.86. The second-order valence-electron chi connectivity index (χ2n) is 6.92. The minimum atomic E-state index is -0.238. The number of rotatable bonds is 5. The Bertz CT molecular complexity index is 626. The number of carbonyl (C=O) groups is 2. The highest BCUT2D eigenvalue weighted by Gasteiger charge is 2.25. The number of hydrogen-bond donors (Lipinski definition) is 1. The molecule has 0 aliphatic carbocycles. The minimum absolute atomic E-state index is 0.119. The van der Waals surface area contributed by atoms with Crippen molar-refractivity contribution < 1.29 is 14.0 Å². The number of nitrogens with one attached hydrogen (secondary N) is 1. The minimum Gasteiger partial charge on any atom is -0.342 e. The number of likely N-dealkylation sites (tertiary alicyclic amines) is 1. The molecule has 0 spiro atoms. The van der Waals surface area contributed by atoms with Gasteiger partial charge >= 0.3 is 6.03 Å². The van der Waals surface area contributed by atoms with Gasteiger partial charge in [-0.2, -0.15) is 0 Å². The third-order valence-electron chi connectivity index (χ3n) is 5.11. The fraction of sp³-hybridized carbons (Fsp3) is 0.579. The summed E-state index contributed by atoms with van der Waals surface area (Å²) in [6, 6.07) is 6.50. The first-order chi connectivity index (χ1) is 12.6. The maximum Gasteiger partial charge on any atom is 0.317 e. The highest BCUT2D eigenvalue weighted by atomic mass is 19.1. The van der Waals surface area contributed by atoms with Crippen molar-refractivity contribution in [2.24, 2.45) is 0 Å². The lowest BCUT2D eigenvalue weighted by atomic mass is 10.1. The number of urea groups is 1. The van der Waals surface area contributed by atoms with Crippen LogP contribution in [0.15, 0.2) is 24.3 Å². The average molecular weight is 362 g/mol. The van der Waals surface area contributed by atoms with Gasteiger partial charge in [0.25, 0.3) is 0 Å². The lowest BCUT2D eigenvalue weighted by Gasteiger charge is -2.35. The Morgan fingerprint density at radius 1 is 0.962 bits per heavy atom. The van der Waals surface area contributed by atoms with E-state index in [9.17, 15) is 14.0 Å². The van der Waals surface area contributed by atoms with E-state index in [1.807, 2.05) is 4.90 Å². The van der Waals surface area contributed by atoms with Crippen molar-refractivity contribution in [3.8, 4) is 0 Å². The van der Waals surface area contributed by atoms with Crippen LogP contribution in [0.1, 0.15) is 18.4 Å². The Morgan fingerprint density at radius 2 is 1.65 bits per heavy atom. The number of amides is 3. The molecule has 2 saturated heterocycles. The van der Waals surface area contributed by atoms with E-state index in [0.29, 0.717) is 51.3 Å². The maximum absolute atomic E-state index is 13.6. The molecule has 26 heavy (non-hydrogen) atoms. The van der Waals surface area contributed by atoms with Crippen LogP contribution in [0.3, 0.4) is 0 Å². The zero-order chi connectivity index (χ0) is 18.4. The van der Waals surface area contributed by atoms with Crippen LogP contribution in [0.2, 0.25) is 0 Å². The maximum atomic E-state index is 13.6. The van der Waals surface area contributed by atoms with E-state index in [2.05, 4.69) is 10.2 Å². The first kappa shape index (κ1) is 18.6. The number of benzene rings is 1. The molecule has 0 saturated carbocycles. The smallest absolute Gasteiger partial charge is 0.317 e. The number of carbonyl (C=O) groups excluding carboxylic acids is 2. The third-order valence-corrected chi connectivity index (χ3v) is 5.11. The number of nitrogens with zero attached hydrogens (tertiary/aromatic N) is 3. The molecule has 6 nitrogen and oxygen atoms in total. The zero-order valence-electron chi connectivity index (χ0n) is 15.1. The molecule has 1 aromatic carbocycles. The molecule has 7 heteroatoms. The number of halogens is 1. The van der Waals surface area contributed by atoms with Gasteiger partial charge in [-0.1, -0.05) is 18.2 Å². The highest BCUT2D eigenvalue weighted by molar-refractivity contribution is 5.78. The molecular weight excluding hydrogens is 335 g/mol. The van der Waals surface area contributed by atoms with Crippen LogP contribution in [-0.2, 0) is 11.2 Å². The normalized spacial score (nSPS) is 18.2. The third kappa shape index (κ3) is 4.94. The van der Waals surface area contributed by atoms with E-state index >= 15 is 0 Å². The van der Waals surface area contributed by atoms with Gasteiger partial charge in [0.15, 0.2) is 0 Å². The molecule has 0 atom stereocenters. The summed E-state index contributed by atoms with van der Waals surface area (Å²) in [6.45, 7) is 5.25. The predicted molar refractivity (Wildman–Crippen MR) is 97.3 cm³/mol. The predicted octanol–water partition coefficient (Wildman–Crippen LogP) is 1.32. The fourth-order valence-corrected chi connectivity index (χ4v) is 3.48. The molecule has 3 rings (SSSR count). The van der Waals surface area contributed by atoms with E-state index in [-0.39, 0.29) is 17.8 Å². The monoisotopic (exact) mass is 362 g/mol.